The number of benzene rings is 2. The fourth-order valence-corrected chi connectivity index (χ4v) is 2.16. The number of rotatable bonds is 6. The fraction of sp³-hybridized carbons (Fsp3) is 0.222. The molecule has 0 radical (unpaired) electrons. The van der Waals surface area contributed by atoms with Crippen molar-refractivity contribution >= 4 is 17.7 Å². The Labute approximate surface area is 161 Å². The summed E-state index contributed by atoms with van der Waals surface area (Å²) in [5.41, 5.74) is -4.12. The van der Waals surface area contributed by atoms with Crippen LogP contribution < -0.4 is 15.4 Å². The van der Waals surface area contributed by atoms with Crippen molar-refractivity contribution in [3.05, 3.63) is 60.2 Å². The van der Waals surface area contributed by atoms with Crippen molar-refractivity contribution in [3.8, 4) is 5.75 Å². The van der Waals surface area contributed by atoms with Crippen LogP contribution in [0.5, 0.6) is 5.75 Å². The molecule has 2 aromatic carbocycles. The van der Waals surface area contributed by atoms with Gasteiger partial charge in [0.1, 0.15) is 17.4 Å². The molecule has 0 unspecified atom stereocenters. The van der Waals surface area contributed by atoms with E-state index in [0.717, 1.165) is 36.4 Å². The number of urea groups is 1. The van der Waals surface area contributed by atoms with Crippen LogP contribution in [0.4, 0.5) is 32.4 Å². The van der Waals surface area contributed by atoms with Gasteiger partial charge in [0.2, 0.25) is 0 Å². The molecule has 2 amide bonds. The van der Waals surface area contributed by atoms with Crippen molar-refractivity contribution in [1.29, 1.82) is 0 Å². The van der Waals surface area contributed by atoms with E-state index in [9.17, 15) is 31.5 Å². The molecule has 29 heavy (non-hydrogen) atoms. The van der Waals surface area contributed by atoms with Gasteiger partial charge in [-0.15, -0.1) is 0 Å². The summed E-state index contributed by atoms with van der Waals surface area (Å²) in [6, 6.07) is 6.07. The van der Waals surface area contributed by atoms with E-state index in [1.54, 1.807) is 0 Å². The van der Waals surface area contributed by atoms with Crippen LogP contribution in [0.25, 0.3) is 0 Å². The summed E-state index contributed by atoms with van der Waals surface area (Å²) in [7, 11) is 0. The molecule has 0 aromatic heterocycles. The van der Waals surface area contributed by atoms with Crippen LogP contribution in [0.2, 0.25) is 0 Å². The van der Waals surface area contributed by atoms with Gasteiger partial charge >= 0.3 is 23.9 Å². The Kier molecular flexibility index (Phi) is 6.62. The number of nitrogens with one attached hydrogen (secondary N) is 2. The number of hydrogen-bond acceptors (Lipinski definition) is 4. The molecular weight excluding hydrogens is 403 g/mol. The van der Waals surface area contributed by atoms with Crippen LogP contribution in [0, 0.1) is 11.6 Å². The topological polar surface area (TPSA) is 76.7 Å². The van der Waals surface area contributed by atoms with E-state index in [-0.39, 0.29) is 5.69 Å². The summed E-state index contributed by atoms with van der Waals surface area (Å²) in [6.07, 6.45) is -5.48. The maximum atomic E-state index is 13.9. The van der Waals surface area contributed by atoms with E-state index < -0.39 is 47.9 Å². The van der Waals surface area contributed by atoms with E-state index in [1.165, 1.54) is 24.4 Å². The van der Waals surface area contributed by atoms with Crippen molar-refractivity contribution in [2.45, 2.75) is 18.8 Å². The molecule has 1 atom stereocenters. The minimum absolute atomic E-state index is 0.177. The molecular formula is C18H15F5N2O4. The number of esters is 1. The second kappa shape index (κ2) is 8.76. The maximum Gasteiger partial charge on any atom is 0.460 e. The normalized spacial score (nSPS) is 13.2. The Morgan fingerprint density at radius 2 is 1.66 bits per heavy atom. The largest absolute Gasteiger partial charge is 0.461 e. The summed E-state index contributed by atoms with van der Waals surface area (Å²) >= 11 is 0. The highest BCUT2D eigenvalue weighted by molar-refractivity contribution is 5.94. The Balaban J connectivity index is 2.39. The quantitative estimate of drug-likeness (QED) is 0.423. The molecule has 2 aromatic rings. The SMILES string of the molecule is CCOC(=O)[C@](NC(=O)Nc1cccc(F)c1)(Oc1ccc(F)cc1)C(F)(F)F. The second-order valence-corrected chi connectivity index (χ2v) is 5.54. The molecule has 11 heteroatoms. The van der Waals surface area contributed by atoms with Crippen molar-refractivity contribution in [1.82, 2.24) is 5.32 Å². The molecule has 0 bridgehead atoms. The van der Waals surface area contributed by atoms with Crippen LogP contribution in [0.1, 0.15) is 6.92 Å². The number of carbonyl (C=O) groups excluding carboxylic acids is 2. The van der Waals surface area contributed by atoms with Gasteiger partial charge in [-0.2, -0.15) is 13.2 Å². The first-order valence-electron chi connectivity index (χ1n) is 8.10. The number of ether oxygens (including phenoxy) is 2. The third-order valence-corrected chi connectivity index (χ3v) is 3.42. The van der Waals surface area contributed by atoms with Crippen LogP contribution in [0.15, 0.2) is 48.5 Å². The number of carbonyl (C=O) groups is 2. The van der Waals surface area contributed by atoms with Crippen molar-refractivity contribution in [2.75, 3.05) is 11.9 Å². The predicted molar refractivity (Wildman–Crippen MR) is 91.0 cm³/mol. The van der Waals surface area contributed by atoms with Gasteiger partial charge in [-0.05, 0) is 49.4 Å². The van der Waals surface area contributed by atoms with Gasteiger partial charge < -0.3 is 14.8 Å². The van der Waals surface area contributed by atoms with Gasteiger partial charge in [0.25, 0.3) is 0 Å². The smallest absolute Gasteiger partial charge is 0.460 e. The lowest BCUT2D eigenvalue weighted by atomic mass is 10.2. The fourth-order valence-electron chi connectivity index (χ4n) is 2.16. The average molecular weight is 418 g/mol. The Morgan fingerprint density at radius 3 is 2.21 bits per heavy atom. The van der Waals surface area contributed by atoms with Gasteiger partial charge in [-0.3, -0.25) is 5.32 Å². The summed E-state index contributed by atoms with van der Waals surface area (Å²) in [5, 5.41) is 3.36. The van der Waals surface area contributed by atoms with Crippen LogP contribution >= 0.6 is 0 Å². The van der Waals surface area contributed by atoms with E-state index in [2.05, 4.69) is 4.74 Å². The lowest BCUT2D eigenvalue weighted by Gasteiger charge is -2.33. The molecule has 0 spiro atoms. The second-order valence-electron chi connectivity index (χ2n) is 5.54. The number of anilines is 1. The molecule has 0 fully saturated rings. The van der Waals surface area contributed by atoms with Crippen LogP contribution in [-0.4, -0.2) is 30.5 Å². The summed E-state index contributed by atoms with van der Waals surface area (Å²) in [5.74, 6) is -4.03. The van der Waals surface area contributed by atoms with Gasteiger partial charge in [0.05, 0.1) is 6.61 Å². The summed E-state index contributed by atoms with van der Waals surface area (Å²) in [6.45, 7) is 0.806. The van der Waals surface area contributed by atoms with Crippen LogP contribution in [-0.2, 0) is 9.53 Å². The maximum absolute atomic E-state index is 13.9. The van der Waals surface area contributed by atoms with Gasteiger partial charge in [-0.1, -0.05) is 6.07 Å². The third-order valence-electron chi connectivity index (χ3n) is 3.42. The molecule has 0 heterocycles. The lowest BCUT2D eigenvalue weighted by Crippen LogP contribution is -2.69. The first-order valence-corrected chi connectivity index (χ1v) is 8.10. The van der Waals surface area contributed by atoms with Crippen molar-refractivity contribution in [2.24, 2.45) is 0 Å². The molecule has 6 nitrogen and oxygen atoms in total. The highest BCUT2D eigenvalue weighted by Crippen LogP contribution is 2.34. The highest BCUT2D eigenvalue weighted by Gasteiger charge is 2.66. The Hall–Kier alpha value is -3.37. The van der Waals surface area contributed by atoms with E-state index in [4.69, 9.17) is 4.74 Å². The van der Waals surface area contributed by atoms with Crippen molar-refractivity contribution < 1.29 is 41.0 Å². The number of amides is 2. The Bertz CT molecular complexity index is 873. The van der Waals surface area contributed by atoms with E-state index >= 15 is 0 Å². The monoisotopic (exact) mass is 418 g/mol. The predicted octanol–water partition coefficient (Wildman–Crippen LogP) is 3.99. The zero-order valence-electron chi connectivity index (χ0n) is 14.8. The molecule has 2 N–H and O–H groups in total. The molecule has 0 aliphatic heterocycles. The van der Waals surface area contributed by atoms with Gasteiger partial charge in [0.15, 0.2) is 0 Å². The summed E-state index contributed by atoms with van der Waals surface area (Å²) in [4.78, 5) is 24.3. The first-order chi connectivity index (χ1) is 13.6. The third kappa shape index (κ3) is 5.33. The number of hydrogen-bond donors (Lipinski definition) is 2. The summed E-state index contributed by atoms with van der Waals surface area (Å²) < 4.78 is 77.1. The highest BCUT2D eigenvalue weighted by atomic mass is 19.4. The van der Waals surface area contributed by atoms with Crippen molar-refractivity contribution in [3.63, 3.8) is 0 Å². The molecule has 156 valence electrons. The molecule has 0 saturated carbocycles. The first kappa shape index (κ1) is 21.9. The molecule has 0 saturated heterocycles. The molecule has 0 aliphatic carbocycles. The average Bonchev–Trinajstić information content (AvgIpc) is 2.62. The number of alkyl halides is 3. The lowest BCUT2D eigenvalue weighted by molar-refractivity contribution is -0.259. The molecule has 2 rings (SSSR count). The zero-order chi connectivity index (χ0) is 21.7. The van der Waals surface area contributed by atoms with Gasteiger partial charge in [0, 0.05) is 5.69 Å². The molecule has 0 aliphatic rings. The zero-order valence-corrected chi connectivity index (χ0v) is 14.8. The standard InChI is InChI=1S/C18H15F5N2O4/c1-2-28-15(26)17(18(21,22)23,29-14-8-6-11(19)7-9-14)25-16(27)24-13-5-3-4-12(20)10-13/h3-10H,2H2,1H3,(H2,24,25,27)/t17-/m0/s1. The van der Waals surface area contributed by atoms with E-state index in [1.807, 2.05) is 5.32 Å². The van der Waals surface area contributed by atoms with Gasteiger partial charge in [-0.25, -0.2) is 18.4 Å². The minimum Gasteiger partial charge on any atom is -0.461 e. The van der Waals surface area contributed by atoms with Crippen LogP contribution in [0.3, 0.4) is 0 Å². The Morgan fingerprint density at radius 1 is 1.00 bits per heavy atom. The van der Waals surface area contributed by atoms with E-state index in [0.29, 0.717) is 0 Å². The minimum atomic E-state index is -5.48. The number of halogens is 5.